The number of halogens is 1. The van der Waals surface area contributed by atoms with Gasteiger partial charge in [0.1, 0.15) is 6.10 Å². The van der Waals surface area contributed by atoms with Crippen molar-refractivity contribution in [2.45, 2.75) is 12.5 Å². The summed E-state index contributed by atoms with van der Waals surface area (Å²) < 4.78 is 1.97. The van der Waals surface area contributed by atoms with Gasteiger partial charge in [0.15, 0.2) is 0 Å². The summed E-state index contributed by atoms with van der Waals surface area (Å²) in [7, 11) is 0. The smallest absolute Gasteiger partial charge is 0.103 e. The first kappa shape index (κ1) is 12.7. The second-order valence-electron chi connectivity index (χ2n) is 4.17. The number of nitrogens with zero attached hydrogens (tertiary/aromatic N) is 2. The van der Waals surface area contributed by atoms with Crippen molar-refractivity contribution < 1.29 is 5.11 Å². The number of hydrogen-bond donors (Lipinski definition) is 1. The first-order valence-electron chi connectivity index (χ1n) is 5.87. The maximum Gasteiger partial charge on any atom is 0.103 e. The Balaban J connectivity index is 1.86. The standard InChI is InChI=1S/C14H11BrN2OS/c15-9-4-3-7-16-14(9)11(18)8-13-17-10-5-1-2-6-12(10)19-13/h1-7,11,18H,8H2. The van der Waals surface area contributed by atoms with Gasteiger partial charge in [-0.1, -0.05) is 12.1 Å². The van der Waals surface area contributed by atoms with Gasteiger partial charge in [-0.2, -0.15) is 0 Å². The highest BCUT2D eigenvalue weighted by molar-refractivity contribution is 9.10. The number of fused-ring (bicyclic) bond motifs is 1. The monoisotopic (exact) mass is 334 g/mol. The largest absolute Gasteiger partial charge is 0.386 e. The predicted octanol–water partition coefficient (Wildman–Crippen LogP) is 3.73. The molecule has 96 valence electrons. The van der Waals surface area contributed by atoms with Crippen LogP contribution >= 0.6 is 27.3 Å². The van der Waals surface area contributed by atoms with Crippen LogP contribution in [-0.2, 0) is 6.42 Å². The number of aromatic nitrogens is 2. The third kappa shape index (κ3) is 2.68. The molecule has 3 nitrogen and oxygen atoms in total. The molecule has 0 bridgehead atoms. The summed E-state index contributed by atoms with van der Waals surface area (Å²) in [6, 6.07) is 11.7. The second kappa shape index (κ2) is 5.36. The highest BCUT2D eigenvalue weighted by Crippen LogP contribution is 2.28. The molecule has 0 radical (unpaired) electrons. The van der Waals surface area contributed by atoms with Gasteiger partial charge in [0.2, 0.25) is 0 Å². The van der Waals surface area contributed by atoms with Crippen LogP contribution in [0.15, 0.2) is 47.1 Å². The SMILES string of the molecule is OC(Cc1nc2ccccc2s1)c1ncccc1Br. The predicted molar refractivity (Wildman–Crippen MR) is 80.2 cm³/mol. The van der Waals surface area contributed by atoms with Crippen LogP contribution in [-0.4, -0.2) is 15.1 Å². The molecule has 1 atom stereocenters. The molecule has 0 aliphatic rings. The Hall–Kier alpha value is -1.30. The maximum absolute atomic E-state index is 10.3. The molecule has 1 unspecified atom stereocenters. The van der Waals surface area contributed by atoms with E-state index >= 15 is 0 Å². The van der Waals surface area contributed by atoms with E-state index in [1.54, 1.807) is 17.5 Å². The van der Waals surface area contributed by atoms with E-state index in [0.29, 0.717) is 12.1 Å². The number of para-hydroxylation sites is 1. The van der Waals surface area contributed by atoms with Crippen molar-refractivity contribution in [3.8, 4) is 0 Å². The molecule has 0 saturated heterocycles. The summed E-state index contributed by atoms with van der Waals surface area (Å²) in [5, 5.41) is 11.2. The van der Waals surface area contributed by atoms with Gasteiger partial charge in [-0.25, -0.2) is 4.98 Å². The molecule has 2 aromatic heterocycles. The lowest BCUT2D eigenvalue weighted by Gasteiger charge is -2.09. The fourth-order valence-electron chi connectivity index (χ4n) is 1.91. The quantitative estimate of drug-likeness (QED) is 0.793. The topological polar surface area (TPSA) is 46.0 Å². The average Bonchev–Trinajstić information content (AvgIpc) is 2.81. The normalized spacial score (nSPS) is 12.7. The minimum Gasteiger partial charge on any atom is -0.386 e. The van der Waals surface area contributed by atoms with Crippen LogP contribution in [0.4, 0.5) is 0 Å². The number of rotatable bonds is 3. The third-order valence-electron chi connectivity index (χ3n) is 2.81. The molecule has 19 heavy (non-hydrogen) atoms. The van der Waals surface area contributed by atoms with E-state index in [1.165, 1.54) is 0 Å². The molecule has 0 fully saturated rings. The van der Waals surface area contributed by atoms with E-state index in [1.807, 2.05) is 36.4 Å². The molecule has 5 heteroatoms. The maximum atomic E-state index is 10.3. The average molecular weight is 335 g/mol. The first-order chi connectivity index (χ1) is 9.24. The second-order valence-corrected chi connectivity index (χ2v) is 6.14. The fraction of sp³-hybridized carbons (Fsp3) is 0.143. The number of hydrogen-bond acceptors (Lipinski definition) is 4. The molecule has 2 heterocycles. The van der Waals surface area contributed by atoms with E-state index in [9.17, 15) is 5.11 Å². The fourth-order valence-corrected chi connectivity index (χ4v) is 3.44. The van der Waals surface area contributed by atoms with E-state index in [0.717, 1.165) is 19.7 Å². The van der Waals surface area contributed by atoms with Gasteiger partial charge in [-0.15, -0.1) is 11.3 Å². The minimum atomic E-state index is -0.642. The molecular formula is C14H11BrN2OS. The van der Waals surface area contributed by atoms with Crippen molar-refractivity contribution in [2.75, 3.05) is 0 Å². The van der Waals surface area contributed by atoms with Crippen LogP contribution in [0.2, 0.25) is 0 Å². The van der Waals surface area contributed by atoms with E-state index in [2.05, 4.69) is 25.9 Å². The Morgan fingerprint density at radius 1 is 1.21 bits per heavy atom. The molecular weight excluding hydrogens is 324 g/mol. The Labute approximate surface area is 123 Å². The molecule has 3 rings (SSSR count). The van der Waals surface area contributed by atoms with Gasteiger partial charge in [0.05, 0.1) is 20.9 Å². The van der Waals surface area contributed by atoms with Crippen molar-refractivity contribution in [1.82, 2.24) is 9.97 Å². The molecule has 0 amide bonds. The number of thiazole rings is 1. The van der Waals surface area contributed by atoms with Crippen LogP contribution in [0.5, 0.6) is 0 Å². The zero-order valence-corrected chi connectivity index (χ0v) is 12.4. The van der Waals surface area contributed by atoms with E-state index in [-0.39, 0.29) is 0 Å². The highest BCUT2D eigenvalue weighted by Gasteiger charge is 2.15. The lowest BCUT2D eigenvalue weighted by molar-refractivity contribution is 0.172. The van der Waals surface area contributed by atoms with Crippen LogP contribution in [0.3, 0.4) is 0 Å². The molecule has 3 aromatic rings. The lowest BCUT2D eigenvalue weighted by atomic mass is 10.2. The van der Waals surface area contributed by atoms with Crippen LogP contribution in [0.25, 0.3) is 10.2 Å². The number of aliphatic hydroxyl groups is 1. The summed E-state index contributed by atoms with van der Waals surface area (Å²) in [4.78, 5) is 8.73. The number of pyridine rings is 1. The minimum absolute atomic E-state index is 0.481. The van der Waals surface area contributed by atoms with Gasteiger partial charge >= 0.3 is 0 Å². The summed E-state index contributed by atoms with van der Waals surface area (Å²) in [6.07, 6.45) is 1.52. The number of benzene rings is 1. The molecule has 1 N–H and O–H groups in total. The van der Waals surface area contributed by atoms with Gasteiger partial charge in [0.25, 0.3) is 0 Å². The Kier molecular flexibility index (Phi) is 3.59. The van der Waals surface area contributed by atoms with Gasteiger partial charge < -0.3 is 5.11 Å². The molecule has 1 aromatic carbocycles. The molecule has 0 spiro atoms. The summed E-state index contributed by atoms with van der Waals surface area (Å²) in [5.41, 5.74) is 1.64. The summed E-state index contributed by atoms with van der Waals surface area (Å²) in [5.74, 6) is 0. The third-order valence-corrected chi connectivity index (χ3v) is 4.54. The van der Waals surface area contributed by atoms with Gasteiger partial charge in [0, 0.05) is 17.1 Å². The van der Waals surface area contributed by atoms with Crippen molar-refractivity contribution >= 4 is 37.5 Å². The Morgan fingerprint density at radius 3 is 2.84 bits per heavy atom. The lowest BCUT2D eigenvalue weighted by Crippen LogP contribution is -2.04. The van der Waals surface area contributed by atoms with Gasteiger partial charge in [-0.3, -0.25) is 4.98 Å². The van der Waals surface area contributed by atoms with Crippen molar-refractivity contribution in [3.05, 3.63) is 57.8 Å². The van der Waals surface area contributed by atoms with Crippen molar-refractivity contribution in [3.63, 3.8) is 0 Å². The van der Waals surface area contributed by atoms with Crippen LogP contribution in [0.1, 0.15) is 16.8 Å². The highest BCUT2D eigenvalue weighted by atomic mass is 79.9. The molecule has 0 aliphatic carbocycles. The van der Waals surface area contributed by atoms with Crippen LogP contribution < -0.4 is 0 Å². The number of aliphatic hydroxyl groups excluding tert-OH is 1. The van der Waals surface area contributed by atoms with Crippen molar-refractivity contribution in [1.29, 1.82) is 0 Å². The zero-order valence-electron chi connectivity index (χ0n) is 9.95. The van der Waals surface area contributed by atoms with Crippen molar-refractivity contribution in [2.24, 2.45) is 0 Å². The summed E-state index contributed by atoms with van der Waals surface area (Å²) >= 11 is 5.02. The first-order valence-corrected chi connectivity index (χ1v) is 7.48. The van der Waals surface area contributed by atoms with Crippen LogP contribution in [0, 0.1) is 0 Å². The zero-order chi connectivity index (χ0) is 13.2. The molecule has 0 aliphatic heterocycles. The van der Waals surface area contributed by atoms with Gasteiger partial charge in [-0.05, 0) is 40.2 Å². The Morgan fingerprint density at radius 2 is 2.05 bits per heavy atom. The Bertz CT molecular complexity index is 680. The molecule has 0 saturated carbocycles. The van der Waals surface area contributed by atoms with E-state index in [4.69, 9.17) is 0 Å². The summed E-state index contributed by atoms with van der Waals surface area (Å²) in [6.45, 7) is 0. The van der Waals surface area contributed by atoms with E-state index < -0.39 is 6.10 Å².